The number of rotatable bonds is 11. The van der Waals surface area contributed by atoms with Gasteiger partial charge in [0.1, 0.15) is 0 Å². The van der Waals surface area contributed by atoms with Crippen molar-refractivity contribution in [3.63, 3.8) is 0 Å². The highest BCUT2D eigenvalue weighted by Gasteiger charge is 2.20. The van der Waals surface area contributed by atoms with Crippen molar-refractivity contribution in [3.8, 4) is 0 Å². The molecule has 0 heterocycles. The van der Waals surface area contributed by atoms with Gasteiger partial charge < -0.3 is 20.1 Å². The third kappa shape index (κ3) is 11.9. The molecule has 1 saturated carbocycles. The van der Waals surface area contributed by atoms with Crippen LogP contribution in [0.15, 0.2) is 29.3 Å². The van der Waals surface area contributed by atoms with Crippen molar-refractivity contribution in [1.29, 1.82) is 0 Å². The molecule has 0 spiro atoms. The van der Waals surface area contributed by atoms with Gasteiger partial charge in [0, 0.05) is 26.3 Å². The number of hydrogen-bond acceptors (Lipinski definition) is 3. The van der Waals surface area contributed by atoms with Crippen LogP contribution in [0.3, 0.4) is 0 Å². The Hall–Kier alpha value is -0.860. The van der Waals surface area contributed by atoms with Crippen LogP contribution in [0.1, 0.15) is 58.1 Å². The lowest BCUT2D eigenvalue weighted by Gasteiger charge is -2.19. The number of nitrogens with zero attached hydrogens (tertiary/aromatic N) is 1. The molecule has 0 radical (unpaired) electrons. The number of hydrogen-bond donors (Lipinski definition) is 2. The van der Waals surface area contributed by atoms with E-state index in [9.17, 15) is 0 Å². The van der Waals surface area contributed by atoms with E-state index in [1.54, 1.807) is 0 Å². The van der Waals surface area contributed by atoms with Crippen molar-refractivity contribution in [2.24, 2.45) is 10.9 Å². The predicted octanol–water partition coefficient (Wildman–Crippen LogP) is 4.49. The number of nitrogens with one attached hydrogen (secondary N) is 2. The zero-order valence-electron chi connectivity index (χ0n) is 17.9. The number of aliphatic imine (C=N–C) groups is 1. The van der Waals surface area contributed by atoms with Crippen LogP contribution in [0, 0.1) is 5.92 Å². The molecule has 0 aromatic heterocycles. The molecule has 2 rings (SSSR count). The van der Waals surface area contributed by atoms with Crippen LogP contribution in [0.2, 0.25) is 0 Å². The van der Waals surface area contributed by atoms with Crippen molar-refractivity contribution in [1.82, 2.24) is 10.6 Å². The van der Waals surface area contributed by atoms with Crippen LogP contribution in [-0.2, 0) is 22.6 Å². The van der Waals surface area contributed by atoms with Gasteiger partial charge in [0.25, 0.3) is 0 Å². The lowest BCUT2D eigenvalue weighted by molar-refractivity contribution is -0.0149. The summed E-state index contributed by atoms with van der Waals surface area (Å²) in [5.41, 5.74) is 2.25. The van der Waals surface area contributed by atoms with Crippen molar-refractivity contribution in [2.75, 3.05) is 26.3 Å². The fourth-order valence-electron chi connectivity index (χ4n) is 2.55. The second kappa shape index (κ2) is 13.4. The van der Waals surface area contributed by atoms with Crippen LogP contribution < -0.4 is 10.6 Å². The molecule has 1 aliphatic carbocycles. The van der Waals surface area contributed by atoms with Gasteiger partial charge in [-0.1, -0.05) is 24.3 Å². The summed E-state index contributed by atoms with van der Waals surface area (Å²) < 4.78 is 11.5. The molecule has 0 amide bonds. The minimum absolute atomic E-state index is 0. The first-order valence-corrected chi connectivity index (χ1v) is 10.3. The summed E-state index contributed by atoms with van der Waals surface area (Å²) in [5, 5.41) is 6.69. The molecular weight excluding hydrogens is 465 g/mol. The summed E-state index contributed by atoms with van der Waals surface area (Å²) in [6.07, 6.45) is 3.69. The maximum absolute atomic E-state index is 5.87. The molecule has 6 heteroatoms. The van der Waals surface area contributed by atoms with Gasteiger partial charge in [-0.15, -0.1) is 24.0 Å². The van der Waals surface area contributed by atoms with Crippen LogP contribution >= 0.6 is 24.0 Å². The molecular formula is C22H38IN3O2. The quantitative estimate of drug-likeness (QED) is 0.202. The summed E-state index contributed by atoms with van der Waals surface area (Å²) >= 11 is 0. The minimum atomic E-state index is -0.126. The Balaban J connectivity index is 0.00000392. The highest BCUT2D eigenvalue weighted by molar-refractivity contribution is 14.0. The molecule has 1 fully saturated rings. The van der Waals surface area contributed by atoms with E-state index in [-0.39, 0.29) is 29.6 Å². The van der Waals surface area contributed by atoms with Crippen molar-refractivity contribution >= 4 is 29.9 Å². The second-order valence-corrected chi connectivity index (χ2v) is 8.21. The van der Waals surface area contributed by atoms with Gasteiger partial charge in [0.15, 0.2) is 5.96 Å². The number of ether oxygens (including phenoxy) is 2. The van der Waals surface area contributed by atoms with Crippen molar-refractivity contribution in [3.05, 3.63) is 35.4 Å². The van der Waals surface area contributed by atoms with Crippen LogP contribution in [0.25, 0.3) is 0 Å². The molecule has 1 aromatic rings. The van der Waals surface area contributed by atoms with Gasteiger partial charge in [-0.05, 0) is 64.0 Å². The summed E-state index contributed by atoms with van der Waals surface area (Å²) in [6.45, 7) is 13.1. The first-order valence-electron chi connectivity index (χ1n) is 10.3. The van der Waals surface area contributed by atoms with E-state index in [4.69, 9.17) is 14.5 Å². The average Bonchev–Trinajstić information content (AvgIpc) is 3.45. The van der Waals surface area contributed by atoms with Gasteiger partial charge in [-0.2, -0.15) is 0 Å². The van der Waals surface area contributed by atoms with E-state index >= 15 is 0 Å². The fraction of sp³-hybridized carbons (Fsp3) is 0.682. The Labute approximate surface area is 188 Å². The Morgan fingerprint density at radius 1 is 1.18 bits per heavy atom. The van der Waals surface area contributed by atoms with Gasteiger partial charge in [0.2, 0.25) is 0 Å². The van der Waals surface area contributed by atoms with Gasteiger partial charge in [-0.3, -0.25) is 0 Å². The zero-order chi connectivity index (χ0) is 19.5. The molecule has 28 heavy (non-hydrogen) atoms. The van der Waals surface area contributed by atoms with Crippen molar-refractivity contribution < 1.29 is 9.47 Å². The first kappa shape index (κ1) is 25.2. The van der Waals surface area contributed by atoms with E-state index in [2.05, 4.69) is 62.6 Å². The largest absolute Gasteiger partial charge is 0.381 e. The lowest BCUT2D eigenvalue weighted by Crippen LogP contribution is -2.38. The molecule has 0 unspecified atom stereocenters. The molecule has 0 saturated heterocycles. The fourth-order valence-corrected chi connectivity index (χ4v) is 2.55. The van der Waals surface area contributed by atoms with E-state index in [1.807, 2.05) is 0 Å². The molecule has 1 aliphatic rings. The van der Waals surface area contributed by atoms with Gasteiger partial charge in [0.05, 0.1) is 18.8 Å². The van der Waals surface area contributed by atoms with Gasteiger partial charge in [-0.25, -0.2) is 4.99 Å². The Bertz CT molecular complexity index is 583. The SMILES string of the molecule is CCNC(=NCc1cccc(COC(C)(C)C)c1)NCCCOCC1CC1.I. The zero-order valence-corrected chi connectivity index (χ0v) is 20.3. The highest BCUT2D eigenvalue weighted by atomic mass is 127. The van der Waals surface area contributed by atoms with E-state index < -0.39 is 0 Å². The summed E-state index contributed by atoms with van der Waals surface area (Å²) in [6, 6.07) is 8.46. The standard InChI is InChI=1S/C22H37N3O2.HI/c1-5-23-21(24-12-7-13-26-16-18-10-11-18)25-15-19-8-6-9-20(14-19)17-27-22(2,3)4;/h6,8-9,14,18H,5,7,10-13,15-17H2,1-4H3,(H2,23,24,25);1H. The molecule has 2 N–H and O–H groups in total. The van der Waals surface area contributed by atoms with E-state index in [0.717, 1.165) is 44.6 Å². The first-order chi connectivity index (χ1) is 13.0. The smallest absolute Gasteiger partial charge is 0.191 e. The summed E-state index contributed by atoms with van der Waals surface area (Å²) in [7, 11) is 0. The molecule has 5 nitrogen and oxygen atoms in total. The number of guanidine groups is 1. The van der Waals surface area contributed by atoms with Crippen LogP contribution in [-0.4, -0.2) is 37.9 Å². The maximum Gasteiger partial charge on any atom is 0.191 e. The third-order valence-electron chi connectivity index (χ3n) is 4.24. The van der Waals surface area contributed by atoms with Gasteiger partial charge >= 0.3 is 0 Å². The normalized spacial score (nSPS) is 14.5. The Morgan fingerprint density at radius 3 is 2.61 bits per heavy atom. The van der Waals surface area contributed by atoms with Crippen LogP contribution in [0.5, 0.6) is 0 Å². The topological polar surface area (TPSA) is 54.9 Å². The van der Waals surface area contributed by atoms with E-state index in [1.165, 1.54) is 24.0 Å². The lowest BCUT2D eigenvalue weighted by atomic mass is 10.1. The highest BCUT2D eigenvalue weighted by Crippen LogP contribution is 2.28. The molecule has 0 atom stereocenters. The maximum atomic E-state index is 5.87. The number of benzene rings is 1. The molecule has 1 aromatic carbocycles. The molecule has 160 valence electrons. The predicted molar refractivity (Wildman–Crippen MR) is 127 cm³/mol. The minimum Gasteiger partial charge on any atom is -0.381 e. The summed E-state index contributed by atoms with van der Waals surface area (Å²) in [4.78, 5) is 4.70. The monoisotopic (exact) mass is 503 g/mol. The van der Waals surface area contributed by atoms with E-state index in [0.29, 0.717) is 13.2 Å². The number of halogens is 1. The second-order valence-electron chi connectivity index (χ2n) is 8.21. The molecule has 0 bridgehead atoms. The average molecular weight is 503 g/mol. The third-order valence-corrected chi connectivity index (χ3v) is 4.24. The summed E-state index contributed by atoms with van der Waals surface area (Å²) in [5.74, 6) is 1.69. The van der Waals surface area contributed by atoms with Crippen molar-refractivity contribution in [2.45, 2.75) is 65.7 Å². The molecule has 0 aliphatic heterocycles. The van der Waals surface area contributed by atoms with Crippen LogP contribution in [0.4, 0.5) is 0 Å². The Kier molecular flexibility index (Phi) is 12.0. The Morgan fingerprint density at radius 2 is 1.93 bits per heavy atom.